The molecule has 0 radical (unpaired) electrons. The average molecular weight is 427 g/mol. The minimum Gasteiger partial charge on any atom is -0.347 e. The Kier molecular flexibility index (Phi) is 6.15. The third kappa shape index (κ3) is 5.12. The molecule has 1 aliphatic carbocycles. The summed E-state index contributed by atoms with van der Waals surface area (Å²) in [6.07, 6.45) is 2.90. The van der Waals surface area contributed by atoms with Gasteiger partial charge in [-0.2, -0.15) is 0 Å². The minimum atomic E-state index is -0.341. The van der Waals surface area contributed by atoms with Gasteiger partial charge in [-0.1, -0.05) is 38.5 Å². The number of fused-ring (bicyclic) bond motifs is 1. The van der Waals surface area contributed by atoms with Crippen molar-refractivity contribution in [2.45, 2.75) is 73.3 Å². The van der Waals surface area contributed by atoms with Crippen molar-refractivity contribution in [3.63, 3.8) is 0 Å². The van der Waals surface area contributed by atoms with E-state index < -0.39 is 0 Å². The zero-order valence-electron chi connectivity index (χ0n) is 19.2. The Morgan fingerprint density at radius 2 is 1.77 bits per heavy atom. The van der Waals surface area contributed by atoms with E-state index in [2.05, 4.69) is 31.4 Å². The molecular formula is C25H34N2O2S. The Morgan fingerprint density at radius 3 is 2.37 bits per heavy atom. The third-order valence-corrected chi connectivity index (χ3v) is 6.88. The first-order valence-corrected chi connectivity index (χ1v) is 11.5. The molecule has 4 nitrogen and oxygen atoms in total. The van der Waals surface area contributed by atoms with Crippen LogP contribution in [0.2, 0.25) is 0 Å². The van der Waals surface area contributed by atoms with Crippen molar-refractivity contribution >= 4 is 28.2 Å². The molecule has 0 bridgehead atoms. The topological polar surface area (TPSA) is 58.2 Å². The summed E-state index contributed by atoms with van der Waals surface area (Å²) in [6.45, 7) is 14.7. The predicted molar refractivity (Wildman–Crippen MR) is 126 cm³/mol. The van der Waals surface area contributed by atoms with E-state index in [0.29, 0.717) is 22.0 Å². The van der Waals surface area contributed by atoms with Crippen molar-refractivity contribution in [1.82, 2.24) is 5.32 Å². The normalized spacial score (nSPS) is 16.7. The summed E-state index contributed by atoms with van der Waals surface area (Å²) in [5, 5.41) is 6.81. The van der Waals surface area contributed by atoms with Crippen molar-refractivity contribution in [2.24, 2.45) is 11.3 Å². The van der Waals surface area contributed by atoms with Crippen LogP contribution in [0.15, 0.2) is 24.3 Å². The molecule has 0 fully saturated rings. The van der Waals surface area contributed by atoms with Gasteiger partial charge in [0.15, 0.2) is 0 Å². The van der Waals surface area contributed by atoms with Crippen LogP contribution in [0.3, 0.4) is 0 Å². The van der Waals surface area contributed by atoms with Crippen molar-refractivity contribution in [3.05, 3.63) is 51.4 Å². The molecule has 0 saturated carbocycles. The standard InChI is InChI=1S/C25H34N2O2S/c1-15-9-8-10-16(13-15)21(28)26-23-20(22(29)27-25(5,6)7)18-12-11-17(24(2,3)4)14-19(18)30-23/h8-10,13,17H,11-12,14H2,1-7H3,(H,26,28)(H,27,29). The average Bonchev–Trinajstić information content (AvgIpc) is 2.96. The maximum Gasteiger partial charge on any atom is 0.256 e. The van der Waals surface area contributed by atoms with Crippen molar-refractivity contribution in [2.75, 3.05) is 5.32 Å². The second-order valence-electron chi connectivity index (χ2n) is 10.5. The fourth-order valence-corrected chi connectivity index (χ4v) is 5.34. The highest BCUT2D eigenvalue weighted by atomic mass is 32.1. The first kappa shape index (κ1) is 22.5. The molecule has 3 rings (SSSR count). The van der Waals surface area contributed by atoms with Crippen molar-refractivity contribution in [3.8, 4) is 0 Å². The van der Waals surface area contributed by atoms with Gasteiger partial charge in [-0.05, 0) is 76.0 Å². The molecule has 1 heterocycles. The molecule has 162 valence electrons. The molecule has 2 N–H and O–H groups in total. The van der Waals surface area contributed by atoms with Gasteiger partial charge in [0.1, 0.15) is 5.00 Å². The van der Waals surface area contributed by atoms with Crippen molar-refractivity contribution in [1.29, 1.82) is 0 Å². The van der Waals surface area contributed by atoms with E-state index in [0.717, 1.165) is 30.4 Å². The Labute approximate surface area is 184 Å². The van der Waals surface area contributed by atoms with Gasteiger partial charge in [0.2, 0.25) is 0 Å². The summed E-state index contributed by atoms with van der Waals surface area (Å²) in [7, 11) is 0. The summed E-state index contributed by atoms with van der Waals surface area (Å²) < 4.78 is 0. The Hall–Kier alpha value is -2.14. The lowest BCUT2D eigenvalue weighted by molar-refractivity contribution is 0.0919. The van der Waals surface area contributed by atoms with E-state index in [9.17, 15) is 9.59 Å². The molecule has 1 aliphatic rings. The molecule has 5 heteroatoms. The molecule has 0 saturated heterocycles. The quantitative estimate of drug-likeness (QED) is 0.633. The highest BCUT2D eigenvalue weighted by Gasteiger charge is 2.34. The Balaban J connectivity index is 1.98. The van der Waals surface area contributed by atoms with E-state index in [1.54, 1.807) is 17.4 Å². The van der Waals surface area contributed by atoms with Crippen LogP contribution in [-0.4, -0.2) is 17.4 Å². The monoisotopic (exact) mass is 426 g/mol. The van der Waals surface area contributed by atoms with Gasteiger partial charge in [0.25, 0.3) is 11.8 Å². The van der Waals surface area contributed by atoms with Crippen molar-refractivity contribution < 1.29 is 9.59 Å². The van der Waals surface area contributed by atoms with E-state index in [1.807, 2.05) is 45.9 Å². The fraction of sp³-hybridized carbons (Fsp3) is 0.520. The fourth-order valence-electron chi connectivity index (χ4n) is 4.02. The number of benzene rings is 1. The highest BCUT2D eigenvalue weighted by molar-refractivity contribution is 7.17. The van der Waals surface area contributed by atoms with E-state index in [-0.39, 0.29) is 22.8 Å². The lowest BCUT2D eigenvalue weighted by atomic mass is 9.72. The summed E-state index contributed by atoms with van der Waals surface area (Å²) in [5.74, 6) is 0.297. The van der Waals surface area contributed by atoms with Crippen LogP contribution in [0.4, 0.5) is 5.00 Å². The van der Waals surface area contributed by atoms with Crippen LogP contribution < -0.4 is 10.6 Å². The van der Waals surface area contributed by atoms with Gasteiger partial charge in [-0.3, -0.25) is 9.59 Å². The number of hydrogen-bond acceptors (Lipinski definition) is 3. The maximum atomic E-state index is 13.2. The van der Waals surface area contributed by atoms with Gasteiger partial charge < -0.3 is 10.6 Å². The maximum absolute atomic E-state index is 13.2. The molecule has 1 atom stereocenters. The molecule has 30 heavy (non-hydrogen) atoms. The first-order valence-electron chi connectivity index (χ1n) is 10.7. The SMILES string of the molecule is Cc1cccc(C(=O)Nc2sc3c(c2C(=O)NC(C)(C)C)CCC(C(C)(C)C)C3)c1. The van der Waals surface area contributed by atoms with Gasteiger partial charge in [-0.25, -0.2) is 0 Å². The third-order valence-electron chi connectivity index (χ3n) is 5.71. The van der Waals surface area contributed by atoms with Crippen LogP contribution in [0, 0.1) is 18.3 Å². The lowest BCUT2D eigenvalue weighted by Gasteiger charge is -2.34. The number of aryl methyl sites for hydroxylation is 1. The summed E-state index contributed by atoms with van der Waals surface area (Å²) in [4.78, 5) is 27.4. The number of amides is 2. The van der Waals surface area contributed by atoms with Crippen LogP contribution >= 0.6 is 11.3 Å². The summed E-state index contributed by atoms with van der Waals surface area (Å²) >= 11 is 1.57. The number of carbonyl (C=O) groups is 2. The van der Waals surface area contributed by atoms with Gasteiger partial charge in [-0.15, -0.1) is 11.3 Å². The molecular weight excluding hydrogens is 392 g/mol. The Bertz CT molecular complexity index is 961. The number of carbonyl (C=O) groups excluding carboxylic acids is 2. The molecule has 1 aromatic heterocycles. The second-order valence-corrected chi connectivity index (χ2v) is 11.6. The Morgan fingerprint density at radius 1 is 1.07 bits per heavy atom. The van der Waals surface area contributed by atoms with Crippen LogP contribution in [0.25, 0.3) is 0 Å². The van der Waals surface area contributed by atoms with Gasteiger partial charge >= 0.3 is 0 Å². The molecule has 1 aromatic carbocycles. The number of nitrogens with one attached hydrogen (secondary N) is 2. The second kappa shape index (κ2) is 8.18. The molecule has 0 aliphatic heterocycles. The van der Waals surface area contributed by atoms with E-state index >= 15 is 0 Å². The van der Waals surface area contributed by atoms with Crippen LogP contribution in [0.1, 0.15) is 84.7 Å². The summed E-state index contributed by atoms with van der Waals surface area (Å²) in [5.41, 5.74) is 3.29. The molecule has 0 spiro atoms. The zero-order valence-corrected chi connectivity index (χ0v) is 20.0. The lowest BCUT2D eigenvalue weighted by Crippen LogP contribution is -2.41. The van der Waals surface area contributed by atoms with E-state index in [4.69, 9.17) is 0 Å². The van der Waals surface area contributed by atoms with Crippen LogP contribution in [-0.2, 0) is 12.8 Å². The number of hydrogen-bond donors (Lipinski definition) is 2. The van der Waals surface area contributed by atoms with E-state index in [1.165, 1.54) is 4.88 Å². The van der Waals surface area contributed by atoms with Crippen LogP contribution in [0.5, 0.6) is 0 Å². The minimum absolute atomic E-state index is 0.103. The molecule has 2 amide bonds. The molecule has 1 unspecified atom stereocenters. The number of thiophene rings is 1. The molecule has 2 aromatic rings. The largest absolute Gasteiger partial charge is 0.347 e. The highest BCUT2D eigenvalue weighted by Crippen LogP contribution is 2.44. The van der Waals surface area contributed by atoms with Gasteiger partial charge in [0.05, 0.1) is 5.56 Å². The first-order chi connectivity index (χ1) is 13.8. The zero-order chi connectivity index (χ0) is 22.3. The number of rotatable bonds is 3. The summed E-state index contributed by atoms with van der Waals surface area (Å²) in [6, 6.07) is 7.52. The van der Waals surface area contributed by atoms with Gasteiger partial charge in [0, 0.05) is 16.0 Å². The predicted octanol–water partition coefficient (Wildman–Crippen LogP) is 5.99. The smallest absolute Gasteiger partial charge is 0.256 e. The number of anilines is 1.